The van der Waals surface area contributed by atoms with Crippen LogP contribution < -0.4 is 10.6 Å². The summed E-state index contributed by atoms with van der Waals surface area (Å²) in [5.41, 5.74) is -0.0345. The highest BCUT2D eigenvalue weighted by atomic mass is 19.1. The van der Waals surface area contributed by atoms with E-state index in [0.29, 0.717) is 5.56 Å². The van der Waals surface area contributed by atoms with E-state index in [-0.39, 0.29) is 18.8 Å². The van der Waals surface area contributed by atoms with Gasteiger partial charge in [-0.2, -0.15) is 5.26 Å². The number of nitriles is 1. The second-order valence-electron chi connectivity index (χ2n) is 5.91. The third-order valence-electron chi connectivity index (χ3n) is 2.70. The molecule has 124 valence electrons. The molecule has 0 aliphatic heterocycles. The number of carbonyl (C=O) groups is 2. The molecule has 7 heteroatoms. The molecule has 0 radical (unpaired) electrons. The van der Waals surface area contributed by atoms with E-state index in [0.717, 1.165) is 0 Å². The smallest absolute Gasteiger partial charge is 0.408 e. The van der Waals surface area contributed by atoms with Crippen LogP contribution in [0.1, 0.15) is 26.3 Å². The van der Waals surface area contributed by atoms with E-state index >= 15 is 0 Å². The van der Waals surface area contributed by atoms with Crippen LogP contribution in [-0.4, -0.2) is 30.2 Å². The van der Waals surface area contributed by atoms with Gasteiger partial charge in [0.05, 0.1) is 6.07 Å². The normalized spacial score (nSPS) is 12.0. The predicted molar refractivity (Wildman–Crippen MR) is 81.9 cm³/mol. The lowest BCUT2D eigenvalue weighted by molar-refractivity contribution is -0.122. The van der Waals surface area contributed by atoms with Gasteiger partial charge in [0.25, 0.3) is 0 Å². The fourth-order valence-electron chi connectivity index (χ4n) is 1.77. The van der Waals surface area contributed by atoms with Crippen molar-refractivity contribution in [1.29, 1.82) is 5.26 Å². The Morgan fingerprint density at radius 2 is 1.91 bits per heavy atom. The molecular weight excluding hydrogens is 301 g/mol. The van der Waals surface area contributed by atoms with Crippen molar-refractivity contribution in [2.24, 2.45) is 0 Å². The number of carbonyl (C=O) groups excluding carboxylic acids is 2. The molecule has 0 spiro atoms. The van der Waals surface area contributed by atoms with Crippen molar-refractivity contribution < 1.29 is 18.7 Å². The van der Waals surface area contributed by atoms with Crippen LogP contribution in [0.2, 0.25) is 0 Å². The molecule has 2 amide bonds. The van der Waals surface area contributed by atoms with Crippen LogP contribution in [0.15, 0.2) is 24.3 Å². The molecule has 0 aromatic heterocycles. The summed E-state index contributed by atoms with van der Waals surface area (Å²) in [6.07, 6.45) is -0.590. The second kappa shape index (κ2) is 8.13. The van der Waals surface area contributed by atoms with Crippen LogP contribution in [0, 0.1) is 17.1 Å². The molecule has 1 rings (SSSR count). The Labute approximate surface area is 134 Å². The first-order valence-corrected chi connectivity index (χ1v) is 7.10. The van der Waals surface area contributed by atoms with Gasteiger partial charge in [-0.15, -0.1) is 0 Å². The summed E-state index contributed by atoms with van der Waals surface area (Å²) in [7, 11) is 0. The lowest BCUT2D eigenvalue weighted by atomic mass is 10.1. The standard InChI is InChI=1S/C16H20FN3O3/c1-16(2,3)23-15(22)20-13(14(21)19-9-8-18)10-11-4-6-12(17)7-5-11/h4-7,13H,9-10H2,1-3H3,(H,19,21)(H,20,22). The van der Waals surface area contributed by atoms with Gasteiger partial charge in [-0.05, 0) is 38.5 Å². The number of nitrogens with zero attached hydrogens (tertiary/aromatic N) is 1. The predicted octanol–water partition coefficient (Wildman–Crippen LogP) is 1.90. The van der Waals surface area contributed by atoms with Crippen molar-refractivity contribution in [3.8, 4) is 6.07 Å². The van der Waals surface area contributed by atoms with E-state index in [9.17, 15) is 14.0 Å². The molecular formula is C16H20FN3O3. The molecule has 0 aliphatic carbocycles. The van der Waals surface area contributed by atoms with Crippen molar-refractivity contribution in [3.05, 3.63) is 35.6 Å². The largest absolute Gasteiger partial charge is 0.444 e. The molecule has 0 heterocycles. The Kier molecular flexibility index (Phi) is 6.51. The van der Waals surface area contributed by atoms with Gasteiger partial charge in [-0.3, -0.25) is 4.79 Å². The first kappa shape index (κ1) is 18.4. The second-order valence-corrected chi connectivity index (χ2v) is 5.91. The molecule has 0 saturated carbocycles. The number of alkyl carbamates (subject to hydrolysis) is 1. The molecule has 0 saturated heterocycles. The Morgan fingerprint density at radius 1 is 1.30 bits per heavy atom. The van der Waals surface area contributed by atoms with E-state index in [1.165, 1.54) is 24.3 Å². The number of halogens is 1. The zero-order valence-electron chi connectivity index (χ0n) is 13.4. The van der Waals surface area contributed by atoms with Crippen LogP contribution in [0.25, 0.3) is 0 Å². The highest BCUT2D eigenvalue weighted by Crippen LogP contribution is 2.09. The van der Waals surface area contributed by atoms with E-state index in [1.807, 2.05) is 0 Å². The number of benzene rings is 1. The van der Waals surface area contributed by atoms with Crippen LogP contribution in [0.4, 0.5) is 9.18 Å². The summed E-state index contributed by atoms with van der Waals surface area (Å²) in [4.78, 5) is 23.9. The number of hydrogen-bond acceptors (Lipinski definition) is 4. The maximum atomic E-state index is 12.9. The summed E-state index contributed by atoms with van der Waals surface area (Å²) in [6.45, 7) is 4.95. The molecule has 23 heavy (non-hydrogen) atoms. The minimum Gasteiger partial charge on any atom is -0.444 e. The first-order valence-electron chi connectivity index (χ1n) is 7.10. The summed E-state index contributed by atoms with van der Waals surface area (Å²) < 4.78 is 18.1. The fraction of sp³-hybridized carbons (Fsp3) is 0.438. The third-order valence-corrected chi connectivity index (χ3v) is 2.70. The topological polar surface area (TPSA) is 91.2 Å². The van der Waals surface area contributed by atoms with Crippen molar-refractivity contribution >= 4 is 12.0 Å². The average molecular weight is 321 g/mol. The summed E-state index contributed by atoms with van der Waals surface area (Å²) in [5.74, 6) is -0.902. The first-order chi connectivity index (χ1) is 10.7. The quantitative estimate of drug-likeness (QED) is 0.810. The third kappa shape index (κ3) is 7.27. The molecule has 2 N–H and O–H groups in total. The number of rotatable bonds is 5. The number of amides is 2. The van der Waals surface area contributed by atoms with Gasteiger partial charge in [0.15, 0.2) is 0 Å². The molecule has 0 bridgehead atoms. The van der Waals surface area contributed by atoms with Crippen molar-refractivity contribution in [1.82, 2.24) is 10.6 Å². The zero-order chi connectivity index (χ0) is 17.5. The van der Waals surface area contributed by atoms with Crippen LogP contribution in [0.3, 0.4) is 0 Å². The SMILES string of the molecule is CC(C)(C)OC(=O)NC(Cc1ccc(F)cc1)C(=O)NCC#N. The number of nitrogens with one attached hydrogen (secondary N) is 2. The Bertz CT molecular complexity index is 588. The van der Waals surface area contributed by atoms with E-state index in [1.54, 1.807) is 26.8 Å². The number of ether oxygens (including phenoxy) is 1. The molecule has 1 unspecified atom stereocenters. The van der Waals surface area contributed by atoms with Crippen LogP contribution in [0.5, 0.6) is 0 Å². The highest BCUT2D eigenvalue weighted by molar-refractivity contribution is 5.86. The number of hydrogen-bond donors (Lipinski definition) is 2. The Balaban J connectivity index is 2.80. The Hall–Kier alpha value is -2.62. The molecule has 6 nitrogen and oxygen atoms in total. The molecule has 1 aromatic rings. The lowest BCUT2D eigenvalue weighted by Crippen LogP contribution is -2.49. The van der Waals surface area contributed by atoms with Gasteiger partial charge >= 0.3 is 6.09 Å². The van der Waals surface area contributed by atoms with Gasteiger partial charge in [-0.1, -0.05) is 12.1 Å². The van der Waals surface area contributed by atoms with Gasteiger partial charge in [0.1, 0.15) is 24.0 Å². The minimum absolute atomic E-state index is 0.150. The van der Waals surface area contributed by atoms with Crippen molar-refractivity contribution in [2.45, 2.75) is 38.8 Å². The lowest BCUT2D eigenvalue weighted by Gasteiger charge is -2.23. The van der Waals surface area contributed by atoms with Gasteiger partial charge in [-0.25, -0.2) is 9.18 Å². The minimum atomic E-state index is -0.927. The molecule has 1 atom stereocenters. The maximum Gasteiger partial charge on any atom is 0.408 e. The Morgan fingerprint density at radius 3 is 2.43 bits per heavy atom. The maximum absolute atomic E-state index is 12.9. The van der Waals surface area contributed by atoms with E-state index in [2.05, 4.69) is 10.6 Å². The van der Waals surface area contributed by atoms with Gasteiger partial charge < -0.3 is 15.4 Å². The molecule has 0 fully saturated rings. The molecule has 1 aromatic carbocycles. The fourth-order valence-corrected chi connectivity index (χ4v) is 1.77. The van der Waals surface area contributed by atoms with Crippen LogP contribution >= 0.6 is 0 Å². The highest BCUT2D eigenvalue weighted by Gasteiger charge is 2.24. The molecule has 0 aliphatic rings. The summed E-state index contributed by atoms with van der Waals surface area (Å²) >= 11 is 0. The monoisotopic (exact) mass is 321 g/mol. The van der Waals surface area contributed by atoms with Crippen LogP contribution in [-0.2, 0) is 16.0 Å². The van der Waals surface area contributed by atoms with E-state index < -0.39 is 23.6 Å². The summed E-state index contributed by atoms with van der Waals surface area (Å²) in [5, 5.41) is 13.4. The summed E-state index contributed by atoms with van der Waals surface area (Å²) in [6, 6.07) is 6.45. The van der Waals surface area contributed by atoms with E-state index in [4.69, 9.17) is 10.00 Å². The van der Waals surface area contributed by atoms with Crippen molar-refractivity contribution in [3.63, 3.8) is 0 Å². The van der Waals surface area contributed by atoms with Gasteiger partial charge in [0, 0.05) is 6.42 Å². The average Bonchev–Trinajstić information content (AvgIpc) is 2.44. The zero-order valence-corrected chi connectivity index (χ0v) is 13.4. The van der Waals surface area contributed by atoms with Gasteiger partial charge in [0.2, 0.25) is 5.91 Å². The van der Waals surface area contributed by atoms with Crippen molar-refractivity contribution in [2.75, 3.05) is 6.54 Å².